The third kappa shape index (κ3) is 3.59. The van der Waals surface area contributed by atoms with E-state index in [0.717, 1.165) is 31.6 Å². The first-order chi connectivity index (χ1) is 9.43. The van der Waals surface area contributed by atoms with Gasteiger partial charge in [-0.2, -0.15) is 0 Å². The molecular weight excluding hydrogens is 254 g/mol. The average Bonchev–Trinajstić information content (AvgIpc) is 3.13. The van der Waals surface area contributed by atoms with Crippen LogP contribution >= 0.6 is 11.3 Å². The highest BCUT2D eigenvalue weighted by molar-refractivity contribution is 7.10. The summed E-state index contributed by atoms with van der Waals surface area (Å²) in [6.07, 6.45) is 8.20. The normalized spacial score (nSPS) is 26.6. The number of rotatable bonds is 5. The molecule has 0 spiro atoms. The van der Waals surface area contributed by atoms with Crippen LogP contribution in [0.3, 0.4) is 0 Å². The Kier molecular flexibility index (Phi) is 4.91. The summed E-state index contributed by atoms with van der Waals surface area (Å²) in [6, 6.07) is 5.08. The van der Waals surface area contributed by atoms with Gasteiger partial charge in [0.05, 0.1) is 6.61 Å². The molecule has 0 aromatic carbocycles. The van der Waals surface area contributed by atoms with E-state index in [9.17, 15) is 0 Å². The van der Waals surface area contributed by atoms with Gasteiger partial charge in [-0.05, 0) is 49.0 Å². The number of thiophene rings is 1. The molecule has 2 atom stereocenters. The van der Waals surface area contributed by atoms with E-state index in [1.165, 1.54) is 43.4 Å². The Hall–Kier alpha value is -0.380. The van der Waals surface area contributed by atoms with E-state index in [1.807, 2.05) is 11.3 Å². The standard InChI is InChI=1S/C16H25NOS/c1-2-7-14(6-1)16(15-8-4-10-19-15)17-11-13-5-3-9-18-12-13/h4,8,10,13-14,16-17H,1-3,5-7,9,11-12H2. The van der Waals surface area contributed by atoms with Gasteiger partial charge in [0, 0.05) is 24.1 Å². The first kappa shape index (κ1) is 13.6. The van der Waals surface area contributed by atoms with Crippen LogP contribution in [-0.2, 0) is 4.74 Å². The second-order valence-electron chi connectivity index (χ2n) is 6.03. The topological polar surface area (TPSA) is 21.3 Å². The van der Waals surface area contributed by atoms with Crippen molar-refractivity contribution in [3.63, 3.8) is 0 Å². The number of nitrogens with one attached hydrogen (secondary N) is 1. The van der Waals surface area contributed by atoms with Gasteiger partial charge in [-0.15, -0.1) is 11.3 Å². The lowest BCUT2D eigenvalue weighted by Crippen LogP contribution is -2.34. The number of hydrogen-bond acceptors (Lipinski definition) is 3. The van der Waals surface area contributed by atoms with Gasteiger partial charge in [-0.1, -0.05) is 18.9 Å². The monoisotopic (exact) mass is 279 g/mol. The van der Waals surface area contributed by atoms with Crippen molar-refractivity contribution in [2.75, 3.05) is 19.8 Å². The molecule has 1 aromatic heterocycles. The SMILES string of the molecule is c1csc(C(NCC2CCCOC2)C2CCCC2)c1. The zero-order chi connectivity index (χ0) is 12.9. The van der Waals surface area contributed by atoms with Crippen LogP contribution in [-0.4, -0.2) is 19.8 Å². The van der Waals surface area contributed by atoms with Crippen LogP contribution in [0, 0.1) is 11.8 Å². The van der Waals surface area contributed by atoms with E-state index < -0.39 is 0 Å². The largest absolute Gasteiger partial charge is 0.381 e. The van der Waals surface area contributed by atoms with Gasteiger partial charge >= 0.3 is 0 Å². The van der Waals surface area contributed by atoms with Crippen molar-refractivity contribution in [3.05, 3.63) is 22.4 Å². The van der Waals surface area contributed by atoms with Crippen LogP contribution in [0.1, 0.15) is 49.4 Å². The van der Waals surface area contributed by atoms with E-state index in [1.54, 1.807) is 0 Å². The van der Waals surface area contributed by atoms with Gasteiger partial charge in [0.25, 0.3) is 0 Å². The Morgan fingerprint density at radius 1 is 1.26 bits per heavy atom. The Morgan fingerprint density at radius 3 is 2.84 bits per heavy atom. The smallest absolute Gasteiger partial charge is 0.0506 e. The number of hydrogen-bond donors (Lipinski definition) is 1. The molecule has 1 aromatic rings. The number of ether oxygens (including phenoxy) is 1. The Balaban J connectivity index is 1.58. The molecule has 1 N–H and O–H groups in total. The fourth-order valence-electron chi connectivity index (χ4n) is 3.52. The molecule has 19 heavy (non-hydrogen) atoms. The first-order valence-electron chi connectivity index (χ1n) is 7.78. The quantitative estimate of drug-likeness (QED) is 0.880. The molecule has 2 heterocycles. The maximum Gasteiger partial charge on any atom is 0.0506 e. The predicted octanol–water partition coefficient (Wildman–Crippen LogP) is 4.00. The lowest BCUT2D eigenvalue weighted by Gasteiger charge is -2.28. The molecule has 2 fully saturated rings. The van der Waals surface area contributed by atoms with Gasteiger partial charge in [0.1, 0.15) is 0 Å². The Bertz CT molecular complexity index is 353. The summed E-state index contributed by atoms with van der Waals surface area (Å²) in [5.41, 5.74) is 0. The van der Waals surface area contributed by atoms with Crippen molar-refractivity contribution >= 4 is 11.3 Å². The minimum atomic E-state index is 0.587. The van der Waals surface area contributed by atoms with E-state index in [4.69, 9.17) is 4.74 Å². The molecule has 2 aliphatic rings. The van der Waals surface area contributed by atoms with Crippen molar-refractivity contribution in [1.82, 2.24) is 5.32 Å². The average molecular weight is 279 g/mol. The van der Waals surface area contributed by atoms with Crippen LogP contribution in [0.15, 0.2) is 17.5 Å². The van der Waals surface area contributed by atoms with Crippen LogP contribution in [0.5, 0.6) is 0 Å². The van der Waals surface area contributed by atoms with Gasteiger partial charge in [0.2, 0.25) is 0 Å². The third-order valence-electron chi connectivity index (χ3n) is 4.60. The lowest BCUT2D eigenvalue weighted by molar-refractivity contribution is 0.0529. The fourth-order valence-corrected chi connectivity index (χ4v) is 4.41. The molecule has 0 radical (unpaired) electrons. The minimum Gasteiger partial charge on any atom is -0.381 e. The van der Waals surface area contributed by atoms with Crippen LogP contribution < -0.4 is 5.32 Å². The summed E-state index contributed by atoms with van der Waals surface area (Å²) in [6.45, 7) is 3.04. The molecule has 3 heteroatoms. The predicted molar refractivity (Wildman–Crippen MR) is 80.6 cm³/mol. The highest BCUT2D eigenvalue weighted by Crippen LogP contribution is 2.37. The maximum atomic E-state index is 5.59. The molecule has 1 saturated heterocycles. The highest BCUT2D eigenvalue weighted by atomic mass is 32.1. The van der Waals surface area contributed by atoms with Crippen molar-refractivity contribution < 1.29 is 4.74 Å². The summed E-state index contributed by atoms with van der Waals surface area (Å²) < 4.78 is 5.59. The van der Waals surface area contributed by atoms with Crippen LogP contribution in [0.2, 0.25) is 0 Å². The molecule has 2 unspecified atom stereocenters. The highest BCUT2D eigenvalue weighted by Gasteiger charge is 2.27. The molecule has 1 aliphatic carbocycles. The minimum absolute atomic E-state index is 0.587. The van der Waals surface area contributed by atoms with Crippen LogP contribution in [0.4, 0.5) is 0 Å². The van der Waals surface area contributed by atoms with E-state index in [-0.39, 0.29) is 0 Å². The molecule has 106 valence electrons. The Labute approximate surface area is 120 Å². The molecule has 1 saturated carbocycles. The fraction of sp³-hybridized carbons (Fsp3) is 0.750. The molecule has 2 nitrogen and oxygen atoms in total. The lowest BCUT2D eigenvalue weighted by atomic mass is 9.95. The van der Waals surface area contributed by atoms with Crippen molar-refractivity contribution in [2.24, 2.45) is 11.8 Å². The van der Waals surface area contributed by atoms with Gasteiger partial charge in [-0.25, -0.2) is 0 Å². The molecule has 1 aliphatic heterocycles. The maximum absolute atomic E-state index is 5.59. The summed E-state index contributed by atoms with van der Waals surface area (Å²) >= 11 is 1.91. The van der Waals surface area contributed by atoms with E-state index in [2.05, 4.69) is 22.8 Å². The summed E-state index contributed by atoms with van der Waals surface area (Å²) in [5, 5.41) is 6.08. The van der Waals surface area contributed by atoms with E-state index in [0.29, 0.717) is 6.04 Å². The van der Waals surface area contributed by atoms with E-state index >= 15 is 0 Å². The van der Waals surface area contributed by atoms with Gasteiger partial charge < -0.3 is 10.1 Å². The Morgan fingerprint density at radius 2 is 2.16 bits per heavy atom. The molecular formula is C16H25NOS. The molecule has 0 amide bonds. The molecule has 3 rings (SSSR count). The second kappa shape index (κ2) is 6.87. The van der Waals surface area contributed by atoms with Gasteiger partial charge in [0.15, 0.2) is 0 Å². The van der Waals surface area contributed by atoms with Crippen molar-refractivity contribution in [3.8, 4) is 0 Å². The zero-order valence-corrected chi connectivity index (χ0v) is 12.5. The van der Waals surface area contributed by atoms with Gasteiger partial charge in [-0.3, -0.25) is 0 Å². The first-order valence-corrected chi connectivity index (χ1v) is 8.66. The van der Waals surface area contributed by atoms with Crippen molar-refractivity contribution in [1.29, 1.82) is 0 Å². The third-order valence-corrected chi connectivity index (χ3v) is 5.56. The second-order valence-corrected chi connectivity index (χ2v) is 7.01. The van der Waals surface area contributed by atoms with Crippen molar-refractivity contribution in [2.45, 2.75) is 44.6 Å². The zero-order valence-electron chi connectivity index (χ0n) is 11.6. The summed E-state index contributed by atoms with van der Waals surface area (Å²) in [7, 11) is 0. The van der Waals surface area contributed by atoms with Crippen LogP contribution in [0.25, 0.3) is 0 Å². The molecule has 0 bridgehead atoms. The summed E-state index contributed by atoms with van der Waals surface area (Å²) in [5.74, 6) is 1.57. The summed E-state index contributed by atoms with van der Waals surface area (Å²) in [4.78, 5) is 1.53.